The summed E-state index contributed by atoms with van der Waals surface area (Å²) < 4.78 is 0. The average molecular weight is 248 g/mol. The molecule has 1 unspecified atom stereocenters. The van der Waals surface area contributed by atoms with Crippen molar-refractivity contribution in [2.24, 2.45) is 5.73 Å². The smallest absolute Gasteiger partial charge is 0.159 e. The molecule has 1 aromatic heterocycles. The fourth-order valence-corrected chi connectivity index (χ4v) is 1.80. The van der Waals surface area contributed by atoms with Crippen molar-refractivity contribution in [2.75, 3.05) is 0 Å². The minimum absolute atomic E-state index is 0.121. The van der Waals surface area contributed by atoms with Crippen molar-refractivity contribution in [1.29, 1.82) is 0 Å². The zero-order valence-electron chi connectivity index (χ0n) is 9.60. The Kier molecular flexibility index (Phi) is 3.71. The second-order valence-corrected chi connectivity index (χ2v) is 4.54. The predicted molar refractivity (Wildman–Crippen MR) is 69.8 cm³/mol. The van der Waals surface area contributed by atoms with E-state index in [0.717, 1.165) is 17.5 Å². The minimum atomic E-state index is 0.121. The van der Waals surface area contributed by atoms with E-state index in [1.54, 1.807) is 0 Å². The highest BCUT2D eigenvalue weighted by atomic mass is 35.5. The van der Waals surface area contributed by atoms with Gasteiger partial charge in [-0.05, 0) is 31.0 Å². The molecule has 0 bridgehead atoms. The van der Waals surface area contributed by atoms with Crippen LogP contribution < -0.4 is 5.73 Å². The molecule has 0 fully saturated rings. The highest BCUT2D eigenvalue weighted by Crippen LogP contribution is 2.19. The van der Waals surface area contributed by atoms with Crippen molar-refractivity contribution in [2.45, 2.75) is 19.4 Å². The first-order chi connectivity index (χ1) is 8.15. The minimum Gasteiger partial charge on any atom is -0.328 e. The predicted octanol–water partition coefficient (Wildman–Crippen LogP) is 2.69. The van der Waals surface area contributed by atoms with Crippen molar-refractivity contribution in [1.82, 2.24) is 9.97 Å². The van der Waals surface area contributed by atoms with E-state index < -0.39 is 0 Å². The van der Waals surface area contributed by atoms with Crippen LogP contribution in [0.4, 0.5) is 0 Å². The van der Waals surface area contributed by atoms with Gasteiger partial charge in [-0.25, -0.2) is 9.97 Å². The Morgan fingerprint density at radius 2 is 2.00 bits per heavy atom. The van der Waals surface area contributed by atoms with Gasteiger partial charge in [0, 0.05) is 29.0 Å². The molecule has 0 saturated heterocycles. The van der Waals surface area contributed by atoms with Crippen LogP contribution >= 0.6 is 11.6 Å². The number of nitrogens with zero attached hydrogens (tertiary/aromatic N) is 2. The van der Waals surface area contributed by atoms with E-state index in [9.17, 15) is 0 Å². The Labute approximate surface area is 106 Å². The molecule has 1 aromatic carbocycles. The second-order valence-electron chi connectivity index (χ2n) is 4.11. The number of halogens is 1. The molecular formula is C13H14ClN3. The van der Waals surface area contributed by atoms with E-state index in [1.165, 1.54) is 0 Å². The number of nitrogens with two attached hydrogens (primary N) is 1. The van der Waals surface area contributed by atoms with Gasteiger partial charge in [0.2, 0.25) is 0 Å². The second kappa shape index (κ2) is 5.25. The summed E-state index contributed by atoms with van der Waals surface area (Å²) in [6.07, 6.45) is 4.41. The summed E-state index contributed by atoms with van der Waals surface area (Å²) in [6.45, 7) is 1.96. The van der Waals surface area contributed by atoms with Gasteiger partial charge in [0.25, 0.3) is 0 Å². The van der Waals surface area contributed by atoms with E-state index >= 15 is 0 Å². The number of rotatable bonds is 3. The van der Waals surface area contributed by atoms with Crippen LogP contribution in [0.15, 0.2) is 36.7 Å². The van der Waals surface area contributed by atoms with E-state index in [1.807, 2.05) is 43.6 Å². The molecule has 88 valence electrons. The van der Waals surface area contributed by atoms with Gasteiger partial charge in [0.1, 0.15) is 0 Å². The molecule has 2 aromatic rings. The van der Waals surface area contributed by atoms with Crippen molar-refractivity contribution in [3.8, 4) is 11.4 Å². The first-order valence-corrected chi connectivity index (χ1v) is 5.85. The molecule has 0 aliphatic carbocycles. The first-order valence-electron chi connectivity index (χ1n) is 5.47. The van der Waals surface area contributed by atoms with Gasteiger partial charge in [0.15, 0.2) is 5.82 Å². The van der Waals surface area contributed by atoms with Crippen LogP contribution in [0.5, 0.6) is 0 Å². The summed E-state index contributed by atoms with van der Waals surface area (Å²) in [5, 5.41) is 0.686. The fraction of sp³-hybridized carbons (Fsp3) is 0.231. The van der Waals surface area contributed by atoms with Gasteiger partial charge < -0.3 is 5.73 Å². The molecule has 3 nitrogen and oxygen atoms in total. The maximum absolute atomic E-state index is 5.92. The van der Waals surface area contributed by atoms with Gasteiger partial charge in [-0.2, -0.15) is 0 Å². The summed E-state index contributed by atoms with van der Waals surface area (Å²) in [5.74, 6) is 0.681. The van der Waals surface area contributed by atoms with Crippen LogP contribution in [-0.4, -0.2) is 16.0 Å². The third kappa shape index (κ3) is 3.25. The third-order valence-corrected chi connectivity index (χ3v) is 2.58. The van der Waals surface area contributed by atoms with Crippen molar-refractivity contribution >= 4 is 11.6 Å². The quantitative estimate of drug-likeness (QED) is 0.907. The van der Waals surface area contributed by atoms with Gasteiger partial charge in [-0.1, -0.05) is 23.7 Å². The summed E-state index contributed by atoms with van der Waals surface area (Å²) in [5.41, 5.74) is 7.69. The normalized spacial score (nSPS) is 12.4. The largest absolute Gasteiger partial charge is 0.328 e. The van der Waals surface area contributed by atoms with Gasteiger partial charge in [-0.15, -0.1) is 0 Å². The molecule has 0 aliphatic rings. The maximum atomic E-state index is 5.92. The molecule has 2 rings (SSSR count). The van der Waals surface area contributed by atoms with Crippen LogP contribution in [-0.2, 0) is 6.42 Å². The van der Waals surface area contributed by atoms with E-state index in [2.05, 4.69) is 9.97 Å². The molecule has 0 saturated carbocycles. The molecule has 1 atom stereocenters. The standard InChI is InChI=1S/C13H14ClN3/c1-9(15)5-10-7-16-13(17-8-10)11-3-2-4-12(14)6-11/h2-4,6-9H,5,15H2,1H3. The molecule has 0 amide bonds. The Balaban J connectivity index is 2.23. The summed E-state index contributed by atoms with van der Waals surface area (Å²) in [4.78, 5) is 8.64. The van der Waals surface area contributed by atoms with Crippen LogP contribution in [0.2, 0.25) is 5.02 Å². The summed E-state index contributed by atoms with van der Waals surface area (Å²) >= 11 is 5.92. The first kappa shape index (κ1) is 12.0. The zero-order valence-corrected chi connectivity index (χ0v) is 10.4. The molecule has 17 heavy (non-hydrogen) atoms. The summed E-state index contributed by atoms with van der Waals surface area (Å²) in [7, 11) is 0. The van der Waals surface area contributed by atoms with Gasteiger partial charge >= 0.3 is 0 Å². The SMILES string of the molecule is CC(N)Cc1cnc(-c2cccc(Cl)c2)nc1. The monoisotopic (exact) mass is 247 g/mol. The Bertz CT molecular complexity index is 494. The maximum Gasteiger partial charge on any atom is 0.159 e. The molecule has 0 spiro atoms. The fourth-order valence-electron chi connectivity index (χ4n) is 1.61. The molecule has 2 N–H and O–H groups in total. The van der Waals surface area contributed by atoms with Gasteiger partial charge in [-0.3, -0.25) is 0 Å². The number of hydrogen-bond donors (Lipinski definition) is 1. The lowest BCUT2D eigenvalue weighted by Gasteiger charge is -2.05. The van der Waals surface area contributed by atoms with E-state index in [-0.39, 0.29) is 6.04 Å². The molecule has 0 aliphatic heterocycles. The van der Waals surface area contributed by atoms with Crippen molar-refractivity contribution in [3.63, 3.8) is 0 Å². The number of benzene rings is 1. The lowest BCUT2D eigenvalue weighted by atomic mass is 10.1. The van der Waals surface area contributed by atoms with Crippen molar-refractivity contribution in [3.05, 3.63) is 47.2 Å². The lowest BCUT2D eigenvalue weighted by Crippen LogP contribution is -2.18. The van der Waals surface area contributed by atoms with Crippen LogP contribution in [0, 0.1) is 0 Å². The molecule has 4 heteroatoms. The van der Waals surface area contributed by atoms with Crippen LogP contribution in [0.1, 0.15) is 12.5 Å². The van der Waals surface area contributed by atoms with E-state index in [0.29, 0.717) is 10.8 Å². The average Bonchev–Trinajstić information content (AvgIpc) is 2.29. The Morgan fingerprint density at radius 3 is 2.59 bits per heavy atom. The highest BCUT2D eigenvalue weighted by molar-refractivity contribution is 6.30. The topological polar surface area (TPSA) is 51.8 Å². The number of hydrogen-bond acceptors (Lipinski definition) is 3. The molecular weight excluding hydrogens is 234 g/mol. The highest BCUT2D eigenvalue weighted by Gasteiger charge is 2.03. The third-order valence-electron chi connectivity index (χ3n) is 2.35. The van der Waals surface area contributed by atoms with Gasteiger partial charge in [0.05, 0.1) is 0 Å². The molecule has 0 radical (unpaired) electrons. The van der Waals surface area contributed by atoms with E-state index in [4.69, 9.17) is 17.3 Å². The zero-order chi connectivity index (χ0) is 12.3. The Morgan fingerprint density at radius 1 is 1.29 bits per heavy atom. The summed E-state index contributed by atoms with van der Waals surface area (Å²) in [6, 6.07) is 7.62. The number of aromatic nitrogens is 2. The van der Waals surface area contributed by atoms with Crippen molar-refractivity contribution < 1.29 is 0 Å². The van der Waals surface area contributed by atoms with Crippen LogP contribution in [0.25, 0.3) is 11.4 Å². The van der Waals surface area contributed by atoms with Crippen LogP contribution in [0.3, 0.4) is 0 Å². The lowest BCUT2D eigenvalue weighted by molar-refractivity contribution is 0.732. The Hall–Kier alpha value is -1.45. The molecule has 1 heterocycles.